The van der Waals surface area contributed by atoms with Crippen molar-refractivity contribution in [1.82, 2.24) is 9.97 Å². The van der Waals surface area contributed by atoms with Gasteiger partial charge in [-0.3, -0.25) is 0 Å². The Morgan fingerprint density at radius 1 is 1.17 bits per heavy atom. The number of hydrogen-bond donors (Lipinski definition) is 1. The van der Waals surface area contributed by atoms with E-state index in [1.165, 1.54) is 65.1 Å². The highest BCUT2D eigenvalue weighted by Gasteiger charge is 2.27. The second-order valence-corrected chi connectivity index (χ2v) is 10.2. The van der Waals surface area contributed by atoms with E-state index in [1.807, 2.05) is 11.3 Å². The average Bonchev–Trinajstić information content (AvgIpc) is 3.09. The third kappa shape index (κ3) is 3.66. The summed E-state index contributed by atoms with van der Waals surface area (Å²) in [7, 11) is 0. The molecule has 3 heterocycles. The molecule has 1 fully saturated rings. The minimum atomic E-state index is 0.771. The molecule has 152 valence electrons. The maximum atomic E-state index is 4.78. The number of anilines is 1. The summed E-state index contributed by atoms with van der Waals surface area (Å²) in [5.74, 6) is 1.96. The molecule has 29 heavy (non-hydrogen) atoms. The van der Waals surface area contributed by atoms with Crippen LogP contribution in [0.2, 0.25) is 0 Å². The van der Waals surface area contributed by atoms with Crippen LogP contribution in [-0.2, 0) is 19.4 Å². The highest BCUT2D eigenvalue weighted by Crippen LogP contribution is 2.40. The molecule has 0 spiro atoms. The van der Waals surface area contributed by atoms with Crippen LogP contribution in [0.4, 0.5) is 5.82 Å². The number of rotatable bonds is 3. The first kappa shape index (κ1) is 19.0. The fourth-order valence-corrected chi connectivity index (χ4v) is 6.21. The predicted molar refractivity (Wildman–Crippen MR) is 121 cm³/mol. The van der Waals surface area contributed by atoms with Crippen LogP contribution in [0.5, 0.6) is 0 Å². The van der Waals surface area contributed by atoms with E-state index in [0.29, 0.717) is 0 Å². The largest absolute Gasteiger partial charge is 0.345 e. The van der Waals surface area contributed by atoms with Gasteiger partial charge in [0.15, 0.2) is 0 Å². The van der Waals surface area contributed by atoms with Crippen molar-refractivity contribution in [2.45, 2.75) is 46.6 Å². The highest BCUT2D eigenvalue weighted by atomic mass is 32.1. The summed E-state index contributed by atoms with van der Waals surface area (Å²) in [6, 6.07) is 6.87. The normalized spacial score (nSPS) is 20.2. The van der Waals surface area contributed by atoms with Crippen molar-refractivity contribution in [2.75, 3.05) is 31.1 Å². The Hall–Kier alpha value is -1.98. The lowest BCUT2D eigenvalue weighted by Gasteiger charge is -2.33. The predicted octanol–water partition coefficient (Wildman–Crippen LogP) is 3.34. The van der Waals surface area contributed by atoms with Gasteiger partial charge in [-0.2, -0.15) is 0 Å². The molecule has 1 saturated heterocycles. The Kier molecular flexibility index (Phi) is 5.04. The van der Waals surface area contributed by atoms with Crippen molar-refractivity contribution in [1.29, 1.82) is 0 Å². The SMILES string of the molecule is Cc1ccc(C[NH+]2CCN(c3ncnc4sc5c(c34)C[C@@H](C)CC5)CC2)c(C)c1. The molecule has 5 rings (SSSR count). The fourth-order valence-electron chi connectivity index (χ4n) is 5.03. The number of hydrogen-bond acceptors (Lipinski definition) is 4. The third-order valence-corrected chi connectivity index (χ3v) is 7.98. The van der Waals surface area contributed by atoms with E-state index in [4.69, 9.17) is 4.98 Å². The quantitative estimate of drug-likeness (QED) is 0.723. The lowest BCUT2D eigenvalue weighted by atomic mass is 9.88. The third-order valence-electron chi connectivity index (χ3n) is 6.78. The van der Waals surface area contributed by atoms with Crippen molar-refractivity contribution in [3.05, 3.63) is 51.7 Å². The molecule has 0 amide bonds. The van der Waals surface area contributed by atoms with Crippen molar-refractivity contribution in [3.8, 4) is 0 Å². The van der Waals surface area contributed by atoms with Gasteiger partial charge in [0, 0.05) is 10.4 Å². The summed E-state index contributed by atoms with van der Waals surface area (Å²) < 4.78 is 0. The smallest absolute Gasteiger partial charge is 0.141 e. The number of quaternary nitrogens is 1. The molecule has 0 bridgehead atoms. The Morgan fingerprint density at radius 2 is 2.00 bits per heavy atom. The number of aryl methyl sites for hydroxylation is 3. The molecule has 1 N–H and O–H groups in total. The van der Waals surface area contributed by atoms with Crippen LogP contribution in [0, 0.1) is 19.8 Å². The molecule has 5 heteroatoms. The van der Waals surface area contributed by atoms with Gasteiger partial charge in [-0.1, -0.05) is 30.7 Å². The molecule has 1 aliphatic heterocycles. The van der Waals surface area contributed by atoms with Gasteiger partial charge in [-0.25, -0.2) is 9.97 Å². The van der Waals surface area contributed by atoms with Gasteiger partial charge < -0.3 is 9.80 Å². The molecule has 3 aromatic rings. The van der Waals surface area contributed by atoms with E-state index in [1.54, 1.807) is 21.7 Å². The van der Waals surface area contributed by atoms with Gasteiger partial charge in [-0.05, 0) is 50.2 Å². The monoisotopic (exact) mass is 407 g/mol. The lowest BCUT2D eigenvalue weighted by Crippen LogP contribution is -3.13. The first-order valence-electron chi connectivity index (χ1n) is 11.0. The fraction of sp³-hybridized carbons (Fsp3) is 0.500. The van der Waals surface area contributed by atoms with E-state index < -0.39 is 0 Å². The second-order valence-electron chi connectivity index (χ2n) is 9.07. The summed E-state index contributed by atoms with van der Waals surface area (Å²) in [6.45, 7) is 12.4. The Balaban J connectivity index is 1.34. The standard InChI is InChI=1S/C24H30N4S/c1-16-4-6-19(18(3)12-16)14-27-8-10-28(11-9-27)23-22-20-13-17(2)5-7-21(20)29-24(22)26-15-25-23/h4,6,12,15,17H,5,7-11,13-14H2,1-3H3/p+1/t17-/m0/s1. The maximum Gasteiger partial charge on any atom is 0.141 e. The zero-order valence-electron chi connectivity index (χ0n) is 17.8. The van der Waals surface area contributed by atoms with Gasteiger partial charge in [-0.15, -0.1) is 11.3 Å². The molecule has 0 radical (unpaired) electrons. The molecule has 1 atom stereocenters. The summed E-state index contributed by atoms with van der Waals surface area (Å²) in [4.78, 5) is 16.4. The van der Waals surface area contributed by atoms with E-state index in [9.17, 15) is 0 Å². The molecule has 2 aliphatic rings. The van der Waals surface area contributed by atoms with Crippen LogP contribution in [-0.4, -0.2) is 36.1 Å². The molecule has 0 unspecified atom stereocenters. The number of piperazine rings is 1. The van der Waals surface area contributed by atoms with Crippen LogP contribution in [0.15, 0.2) is 24.5 Å². The van der Waals surface area contributed by atoms with E-state index >= 15 is 0 Å². The topological polar surface area (TPSA) is 33.5 Å². The van der Waals surface area contributed by atoms with E-state index in [-0.39, 0.29) is 0 Å². The van der Waals surface area contributed by atoms with Crippen LogP contribution in [0.3, 0.4) is 0 Å². The lowest BCUT2D eigenvalue weighted by molar-refractivity contribution is -0.914. The summed E-state index contributed by atoms with van der Waals surface area (Å²) in [5, 5.41) is 1.36. The maximum absolute atomic E-state index is 4.78. The van der Waals surface area contributed by atoms with Crippen LogP contribution < -0.4 is 9.80 Å². The summed E-state index contributed by atoms with van der Waals surface area (Å²) in [5.41, 5.74) is 5.82. The Labute approximate surface area is 177 Å². The number of thiophene rings is 1. The number of aromatic nitrogens is 2. The van der Waals surface area contributed by atoms with Crippen molar-refractivity contribution in [2.24, 2.45) is 5.92 Å². The van der Waals surface area contributed by atoms with Gasteiger partial charge in [0.1, 0.15) is 23.5 Å². The zero-order chi connectivity index (χ0) is 20.0. The number of nitrogens with one attached hydrogen (secondary N) is 1. The van der Waals surface area contributed by atoms with Crippen LogP contribution in [0.25, 0.3) is 10.2 Å². The Morgan fingerprint density at radius 3 is 2.79 bits per heavy atom. The van der Waals surface area contributed by atoms with Crippen molar-refractivity contribution >= 4 is 27.4 Å². The van der Waals surface area contributed by atoms with Crippen molar-refractivity contribution < 1.29 is 4.90 Å². The molecular formula is C24H31N4S+. The first-order valence-corrected chi connectivity index (χ1v) is 11.8. The summed E-state index contributed by atoms with van der Waals surface area (Å²) in [6.07, 6.45) is 5.49. The van der Waals surface area contributed by atoms with E-state index in [2.05, 4.69) is 48.9 Å². The number of fused-ring (bicyclic) bond motifs is 3. The highest BCUT2D eigenvalue weighted by molar-refractivity contribution is 7.19. The molecule has 1 aliphatic carbocycles. The second kappa shape index (κ2) is 7.69. The van der Waals surface area contributed by atoms with Gasteiger partial charge in [0.05, 0.1) is 31.6 Å². The zero-order valence-corrected chi connectivity index (χ0v) is 18.6. The molecule has 0 saturated carbocycles. The Bertz CT molecular complexity index is 1030. The number of benzene rings is 1. The molecule has 4 nitrogen and oxygen atoms in total. The van der Waals surface area contributed by atoms with Gasteiger partial charge >= 0.3 is 0 Å². The number of nitrogens with zero attached hydrogens (tertiary/aromatic N) is 3. The van der Waals surface area contributed by atoms with Gasteiger partial charge in [0.2, 0.25) is 0 Å². The summed E-state index contributed by atoms with van der Waals surface area (Å²) >= 11 is 1.90. The molecular weight excluding hydrogens is 376 g/mol. The van der Waals surface area contributed by atoms with Crippen LogP contribution >= 0.6 is 11.3 Å². The molecule has 1 aromatic carbocycles. The van der Waals surface area contributed by atoms with E-state index in [0.717, 1.165) is 25.6 Å². The van der Waals surface area contributed by atoms with Gasteiger partial charge in [0.25, 0.3) is 0 Å². The average molecular weight is 408 g/mol. The first-order chi connectivity index (χ1) is 14.1. The van der Waals surface area contributed by atoms with Crippen molar-refractivity contribution in [3.63, 3.8) is 0 Å². The minimum Gasteiger partial charge on any atom is -0.345 e. The van der Waals surface area contributed by atoms with Crippen LogP contribution in [0.1, 0.15) is 40.5 Å². The molecule has 2 aromatic heterocycles. The minimum absolute atomic E-state index is 0.771.